The van der Waals surface area contributed by atoms with Gasteiger partial charge in [0.2, 0.25) is 5.91 Å². The minimum Gasteiger partial charge on any atom is -0.350 e. The zero-order valence-electron chi connectivity index (χ0n) is 17.7. The van der Waals surface area contributed by atoms with Crippen LogP contribution in [0.5, 0.6) is 0 Å². The van der Waals surface area contributed by atoms with Gasteiger partial charge in [0.05, 0.1) is 6.54 Å². The molecule has 0 unspecified atom stereocenters. The summed E-state index contributed by atoms with van der Waals surface area (Å²) >= 11 is 0. The molecule has 0 saturated carbocycles. The van der Waals surface area contributed by atoms with Crippen molar-refractivity contribution in [3.63, 3.8) is 0 Å². The zero-order valence-corrected chi connectivity index (χ0v) is 17.7. The molecular weight excluding hydrogens is 401 g/mol. The van der Waals surface area contributed by atoms with Crippen LogP contribution in [0.15, 0.2) is 30.3 Å². The SMILES string of the molecule is CN1C(=O)c2cc(C(=O)N3CCCCC3)nn2C[C@]1(C)C(=O)NCc1ccc(F)cc1. The lowest BCUT2D eigenvalue weighted by molar-refractivity contribution is -0.132. The number of fused-ring (bicyclic) bond motifs is 1. The number of carbonyl (C=O) groups excluding carboxylic acids is 3. The van der Waals surface area contributed by atoms with Crippen molar-refractivity contribution < 1.29 is 18.8 Å². The standard InChI is InChI=1S/C22H26FN5O3/c1-22(21(31)24-13-15-6-8-16(23)9-7-15)14-28-18(20(30)26(22)2)12-17(25-28)19(29)27-10-4-3-5-11-27/h6-9,12H,3-5,10-11,13-14H2,1-2H3,(H,24,31)/t22-/m1/s1. The van der Waals surface area contributed by atoms with Gasteiger partial charge >= 0.3 is 0 Å². The molecule has 1 fully saturated rings. The van der Waals surface area contributed by atoms with E-state index >= 15 is 0 Å². The van der Waals surface area contributed by atoms with Crippen LogP contribution in [0.2, 0.25) is 0 Å². The number of carbonyl (C=O) groups is 3. The Labute approximate surface area is 180 Å². The van der Waals surface area contributed by atoms with Gasteiger partial charge in [-0.25, -0.2) is 4.39 Å². The Morgan fingerprint density at radius 1 is 1.16 bits per heavy atom. The van der Waals surface area contributed by atoms with E-state index in [2.05, 4.69) is 10.4 Å². The highest BCUT2D eigenvalue weighted by atomic mass is 19.1. The fraction of sp³-hybridized carbons (Fsp3) is 0.455. The van der Waals surface area contributed by atoms with E-state index in [0.717, 1.165) is 24.8 Å². The van der Waals surface area contributed by atoms with Crippen molar-refractivity contribution in [2.75, 3.05) is 20.1 Å². The molecule has 3 amide bonds. The minimum absolute atomic E-state index is 0.132. The summed E-state index contributed by atoms with van der Waals surface area (Å²) in [5, 5.41) is 7.19. The van der Waals surface area contributed by atoms with Gasteiger partial charge in [0.1, 0.15) is 17.1 Å². The first-order valence-electron chi connectivity index (χ1n) is 10.5. The van der Waals surface area contributed by atoms with Crippen LogP contribution in [0.4, 0.5) is 4.39 Å². The summed E-state index contributed by atoms with van der Waals surface area (Å²) in [7, 11) is 1.57. The molecular formula is C22H26FN5O3. The summed E-state index contributed by atoms with van der Waals surface area (Å²) < 4.78 is 14.5. The van der Waals surface area contributed by atoms with Crippen LogP contribution in [-0.2, 0) is 17.9 Å². The summed E-state index contributed by atoms with van der Waals surface area (Å²) in [5.41, 5.74) is 0.0975. The van der Waals surface area contributed by atoms with E-state index in [4.69, 9.17) is 0 Å². The van der Waals surface area contributed by atoms with Crippen molar-refractivity contribution in [2.45, 2.75) is 44.8 Å². The largest absolute Gasteiger partial charge is 0.350 e. The molecule has 1 aromatic heterocycles. The number of likely N-dealkylation sites (tertiary alicyclic amines) is 1. The van der Waals surface area contributed by atoms with Gasteiger partial charge in [-0.2, -0.15) is 5.10 Å². The molecule has 0 bridgehead atoms. The van der Waals surface area contributed by atoms with E-state index in [1.807, 2.05) is 0 Å². The smallest absolute Gasteiger partial charge is 0.274 e. The topological polar surface area (TPSA) is 87.5 Å². The van der Waals surface area contributed by atoms with Crippen LogP contribution in [-0.4, -0.2) is 63.0 Å². The number of aromatic nitrogens is 2. The normalized spacial score (nSPS) is 21.1. The molecule has 1 saturated heterocycles. The average molecular weight is 427 g/mol. The van der Waals surface area contributed by atoms with Gasteiger partial charge in [-0.3, -0.25) is 19.1 Å². The molecule has 2 aromatic rings. The molecule has 0 spiro atoms. The van der Waals surface area contributed by atoms with Gasteiger partial charge in [-0.1, -0.05) is 12.1 Å². The van der Waals surface area contributed by atoms with Gasteiger partial charge in [0, 0.05) is 32.7 Å². The second-order valence-corrected chi connectivity index (χ2v) is 8.37. The lowest BCUT2D eigenvalue weighted by atomic mass is 9.96. The first-order chi connectivity index (χ1) is 14.8. The predicted molar refractivity (Wildman–Crippen MR) is 111 cm³/mol. The van der Waals surface area contributed by atoms with Crippen LogP contribution < -0.4 is 5.32 Å². The number of nitrogens with one attached hydrogen (secondary N) is 1. The maximum atomic E-state index is 13.1. The third-order valence-corrected chi connectivity index (χ3v) is 6.22. The monoisotopic (exact) mass is 427 g/mol. The summed E-state index contributed by atoms with van der Waals surface area (Å²) in [6, 6.07) is 7.37. The van der Waals surface area contributed by atoms with Crippen molar-refractivity contribution in [2.24, 2.45) is 0 Å². The maximum Gasteiger partial charge on any atom is 0.274 e. The Morgan fingerprint density at radius 3 is 2.52 bits per heavy atom. The Bertz CT molecular complexity index is 1010. The number of halogens is 1. The van der Waals surface area contributed by atoms with Gasteiger partial charge in [-0.05, 0) is 43.9 Å². The highest BCUT2D eigenvalue weighted by Gasteiger charge is 2.46. The van der Waals surface area contributed by atoms with Gasteiger partial charge in [0.25, 0.3) is 11.8 Å². The molecule has 1 N–H and O–H groups in total. The second kappa shape index (κ2) is 8.13. The summed E-state index contributed by atoms with van der Waals surface area (Å²) in [6.07, 6.45) is 3.04. The molecule has 164 valence electrons. The highest BCUT2D eigenvalue weighted by molar-refractivity contribution is 6.01. The molecule has 1 atom stereocenters. The lowest BCUT2D eigenvalue weighted by Crippen LogP contribution is -2.62. The Hall–Kier alpha value is -3.23. The van der Waals surface area contributed by atoms with Crippen LogP contribution in [0, 0.1) is 5.82 Å². The van der Waals surface area contributed by atoms with Crippen LogP contribution in [0.25, 0.3) is 0 Å². The quantitative estimate of drug-likeness (QED) is 0.806. The van der Waals surface area contributed by atoms with Gasteiger partial charge < -0.3 is 15.1 Å². The van der Waals surface area contributed by atoms with Gasteiger partial charge in [-0.15, -0.1) is 0 Å². The minimum atomic E-state index is -1.18. The molecule has 8 nitrogen and oxygen atoms in total. The van der Waals surface area contributed by atoms with Crippen molar-refractivity contribution >= 4 is 17.7 Å². The third-order valence-electron chi connectivity index (χ3n) is 6.22. The number of amides is 3. The third kappa shape index (κ3) is 3.92. The number of hydrogen-bond acceptors (Lipinski definition) is 4. The van der Waals surface area contributed by atoms with E-state index in [1.165, 1.54) is 27.8 Å². The number of nitrogens with zero attached hydrogens (tertiary/aromatic N) is 4. The fourth-order valence-electron chi connectivity index (χ4n) is 4.07. The Balaban J connectivity index is 1.51. The summed E-state index contributed by atoms with van der Waals surface area (Å²) in [4.78, 5) is 42.0. The zero-order chi connectivity index (χ0) is 22.2. The molecule has 31 heavy (non-hydrogen) atoms. The summed E-state index contributed by atoms with van der Waals surface area (Å²) in [5.74, 6) is -1.24. The van der Waals surface area contributed by atoms with Crippen molar-refractivity contribution in [1.29, 1.82) is 0 Å². The molecule has 4 rings (SSSR count). The van der Waals surface area contributed by atoms with Crippen LogP contribution >= 0.6 is 0 Å². The Kier molecular flexibility index (Phi) is 5.51. The van der Waals surface area contributed by atoms with E-state index in [1.54, 1.807) is 31.0 Å². The van der Waals surface area contributed by atoms with Crippen LogP contribution in [0.1, 0.15) is 52.7 Å². The molecule has 0 aliphatic carbocycles. The maximum absolute atomic E-state index is 13.1. The molecule has 0 radical (unpaired) electrons. The highest BCUT2D eigenvalue weighted by Crippen LogP contribution is 2.26. The van der Waals surface area contributed by atoms with Crippen LogP contribution in [0.3, 0.4) is 0 Å². The lowest BCUT2D eigenvalue weighted by Gasteiger charge is -2.40. The summed E-state index contributed by atoms with van der Waals surface area (Å²) in [6.45, 7) is 3.40. The second-order valence-electron chi connectivity index (χ2n) is 8.37. The predicted octanol–water partition coefficient (Wildman–Crippen LogP) is 1.81. The van der Waals surface area contributed by atoms with E-state index in [-0.39, 0.29) is 42.3 Å². The molecule has 2 aliphatic heterocycles. The average Bonchev–Trinajstić information content (AvgIpc) is 3.20. The van der Waals surface area contributed by atoms with Crippen molar-refractivity contribution in [3.8, 4) is 0 Å². The first-order valence-corrected chi connectivity index (χ1v) is 10.5. The molecule has 1 aromatic carbocycles. The molecule has 9 heteroatoms. The number of likely N-dealkylation sites (N-methyl/N-ethyl adjacent to an activating group) is 1. The molecule has 3 heterocycles. The van der Waals surface area contributed by atoms with E-state index in [0.29, 0.717) is 18.8 Å². The van der Waals surface area contributed by atoms with E-state index in [9.17, 15) is 18.8 Å². The number of hydrogen-bond donors (Lipinski definition) is 1. The number of benzene rings is 1. The Morgan fingerprint density at radius 2 is 1.84 bits per heavy atom. The molecule has 2 aliphatic rings. The van der Waals surface area contributed by atoms with Gasteiger partial charge in [0.15, 0.2) is 5.69 Å². The number of rotatable bonds is 4. The first kappa shape index (κ1) is 21.0. The van der Waals surface area contributed by atoms with E-state index < -0.39 is 5.54 Å². The number of piperidine rings is 1. The van der Waals surface area contributed by atoms with Crippen molar-refractivity contribution in [1.82, 2.24) is 24.9 Å². The van der Waals surface area contributed by atoms with Crippen molar-refractivity contribution in [3.05, 3.63) is 53.1 Å². The fourth-order valence-corrected chi connectivity index (χ4v) is 4.07.